The second kappa shape index (κ2) is 17.1. The van der Waals surface area contributed by atoms with Gasteiger partial charge in [-0.15, -0.1) is 0 Å². The van der Waals surface area contributed by atoms with Crippen molar-refractivity contribution in [2.75, 3.05) is 0 Å². The van der Waals surface area contributed by atoms with E-state index in [1.54, 1.807) is 36.4 Å². The normalized spacial score (nSPS) is 17.8. The molecule has 2 saturated heterocycles. The first kappa shape index (κ1) is 38.7. The summed E-state index contributed by atoms with van der Waals surface area (Å²) in [5, 5.41) is 4.98. The zero-order valence-electron chi connectivity index (χ0n) is 29.7. The van der Waals surface area contributed by atoms with Crippen LogP contribution in [-0.4, -0.2) is 22.2 Å². The molecule has 0 spiro atoms. The van der Waals surface area contributed by atoms with Gasteiger partial charge in [-0.2, -0.15) is 0 Å². The van der Waals surface area contributed by atoms with Gasteiger partial charge in [-0.25, -0.2) is 45.9 Å². The lowest BCUT2D eigenvalue weighted by Crippen LogP contribution is -2.21. The SMILES string of the molecule is O=C1N[C@@H](c2cccc(C#Cc3ccccc3)n2)[C@H](c2c(F)cc(F)cc2F)O1.O=C1N[C@H](c2cccc(C#Cc3ccccc3)n2)[C@@H](c2c(F)cc(F)cc2F)O1. The summed E-state index contributed by atoms with van der Waals surface area (Å²) in [4.78, 5) is 32.3. The molecule has 4 heterocycles. The summed E-state index contributed by atoms with van der Waals surface area (Å²) in [6.45, 7) is 0. The number of hydrogen-bond acceptors (Lipinski definition) is 6. The quantitative estimate of drug-likeness (QED) is 0.137. The fourth-order valence-corrected chi connectivity index (χ4v) is 6.10. The number of rotatable bonds is 4. The Morgan fingerprint density at radius 1 is 0.466 bits per heavy atom. The first-order valence-corrected chi connectivity index (χ1v) is 17.3. The summed E-state index contributed by atoms with van der Waals surface area (Å²) in [6.07, 6.45) is -4.39. The number of carbonyl (C=O) groups is 2. The second-order valence-electron chi connectivity index (χ2n) is 12.6. The summed E-state index contributed by atoms with van der Waals surface area (Å²) in [6, 6.07) is 28.6. The number of benzene rings is 4. The number of nitrogens with one attached hydrogen (secondary N) is 2. The summed E-state index contributed by atoms with van der Waals surface area (Å²) in [5.74, 6) is 5.04. The molecule has 2 amide bonds. The maximum atomic E-state index is 14.2. The molecular weight excluding hydrogens is 762 g/mol. The average molecular weight is 789 g/mol. The molecule has 2 aromatic heterocycles. The zero-order valence-corrected chi connectivity index (χ0v) is 29.7. The van der Waals surface area contributed by atoms with Gasteiger partial charge in [-0.3, -0.25) is 0 Å². The molecule has 2 aliphatic rings. The van der Waals surface area contributed by atoms with Crippen LogP contribution in [0.25, 0.3) is 0 Å². The first-order valence-electron chi connectivity index (χ1n) is 17.3. The molecule has 0 bridgehead atoms. The zero-order chi connectivity index (χ0) is 40.8. The van der Waals surface area contributed by atoms with E-state index in [2.05, 4.69) is 44.3 Å². The van der Waals surface area contributed by atoms with Crippen LogP contribution in [0.2, 0.25) is 0 Å². The van der Waals surface area contributed by atoms with Crippen LogP contribution in [0.3, 0.4) is 0 Å². The fraction of sp³-hybridized carbons (Fsp3) is 0.0909. The van der Waals surface area contributed by atoms with E-state index in [1.165, 1.54) is 0 Å². The molecule has 288 valence electrons. The van der Waals surface area contributed by atoms with Crippen molar-refractivity contribution >= 4 is 12.2 Å². The molecule has 0 saturated carbocycles. The maximum absolute atomic E-state index is 14.2. The van der Waals surface area contributed by atoms with E-state index in [4.69, 9.17) is 9.47 Å². The van der Waals surface area contributed by atoms with Gasteiger partial charge in [0.1, 0.15) is 58.4 Å². The lowest BCUT2D eigenvalue weighted by Gasteiger charge is -2.18. The monoisotopic (exact) mass is 788 g/mol. The van der Waals surface area contributed by atoms with Crippen LogP contribution >= 0.6 is 0 Å². The minimum Gasteiger partial charge on any atom is -0.438 e. The summed E-state index contributed by atoms with van der Waals surface area (Å²) < 4.78 is 93.5. The summed E-state index contributed by atoms with van der Waals surface area (Å²) in [5.41, 5.74) is 1.94. The van der Waals surface area contributed by atoms with E-state index >= 15 is 0 Å². The largest absolute Gasteiger partial charge is 0.438 e. The number of hydrogen-bond donors (Lipinski definition) is 2. The minimum atomic E-state index is -1.34. The third-order valence-electron chi connectivity index (χ3n) is 8.67. The van der Waals surface area contributed by atoms with Crippen molar-refractivity contribution < 1.29 is 45.4 Å². The molecule has 8 nitrogen and oxygen atoms in total. The Bertz CT molecular complexity index is 2420. The lowest BCUT2D eigenvalue weighted by atomic mass is 9.98. The van der Waals surface area contributed by atoms with Crippen LogP contribution in [0.4, 0.5) is 35.9 Å². The van der Waals surface area contributed by atoms with Gasteiger partial charge in [0.15, 0.2) is 12.2 Å². The number of carbonyl (C=O) groups excluding carboxylic acids is 2. The number of cyclic esters (lactones) is 2. The average Bonchev–Trinajstić information content (AvgIpc) is 3.78. The van der Waals surface area contributed by atoms with Crippen molar-refractivity contribution in [3.8, 4) is 23.7 Å². The molecule has 14 heteroatoms. The molecule has 8 rings (SSSR count). The molecule has 2 N–H and O–H groups in total. The topological polar surface area (TPSA) is 102 Å². The van der Waals surface area contributed by atoms with E-state index in [9.17, 15) is 35.9 Å². The highest BCUT2D eigenvalue weighted by molar-refractivity contribution is 5.71. The van der Waals surface area contributed by atoms with Crippen molar-refractivity contribution in [3.05, 3.63) is 201 Å². The Labute approximate surface area is 326 Å². The van der Waals surface area contributed by atoms with Gasteiger partial charge in [0.2, 0.25) is 0 Å². The molecule has 0 radical (unpaired) electrons. The number of amides is 2. The van der Waals surface area contributed by atoms with E-state index in [0.717, 1.165) is 11.1 Å². The van der Waals surface area contributed by atoms with Gasteiger partial charge < -0.3 is 20.1 Å². The standard InChI is InChI=1S/2C22H13F3N2O2/c2*23-14-11-16(24)19(17(25)12-14)21-20(27-22(28)29-21)18-8-4-7-15(26-18)10-9-13-5-2-1-3-6-13/h2*1-8,11-12,20-21H,(H,27,28)/t2*20-,21-/m10/s1. The van der Waals surface area contributed by atoms with Gasteiger partial charge in [0, 0.05) is 35.4 Å². The molecule has 6 aromatic rings. The van der Waals surface area contributed by atoms with Gasteiger partial charge in [-0.1, -0.05) is 60.4 Å². The predicted molar refractivity (Wildman–Crippen MR) is 196 cm³/mol. The van der Waals surface area contributed by atoms with E-state index in [0.29, 0.717) is 47.0 Å². The van der Waals surface area contributed by atoms with Crippen LogP contribution in [0.1, 0.15) is 69.3 Å². The second-order valence-corrected chi connectivity index (χ2v) is 12.6. The number of ether oxygens (including phenoxy) is 2. The van der Waals surface area contributed by atoms with Crippen molar-refractivity contribution in [3.63, 3.8) is 0 Å². The molecule has 0 aliphatic carbocycles. The molecule has 4 aromatic carbocycles. The minimum absolute atomic E-state index is 0.309. The fourth-order valence-electron chi connectivity index (χ4n) is 6.10. The Hall–Kier alpha value is -7.58. The number of halogens is 6. The van der Waals surface area contributed by atoms with Gasteiger partial charge >= 0.3 is 12.2 Å². The van der Waals surface area contributed by atoms with Crippen LogP contribution in [-0.2, 0) is 9.47 Å². The number of alkyl carbamates (subject to hydrolysis) is 2. The highest BCUT2D eigenvalue weighted by Crippen LogP contribution is 2.40. The Balaban J connectivity index is 0.000000177. The summed E-state index contributed by atoms with van der Waals surface area (Å²) in [7, 11) is 0. The Kier molecular flexibility index (Phi) is 11.4. The predicted octanol–water partition coefficient (Wildman–Crippen LogP) is 8.84. The van der Waals surface area contributed by atoms with Crippen LogP contribution in [0.5, 0.6) is 0 Å². The molecule has 0 unspecified atom stereocenters. The Morgan fingerprint density at radius 2 is 0.828 bits per heavy atom. The highest BCUT2D eigenvalue weighted by atomic mass is 19.2. The van der Waals surface area contributed by atoms with Crippen LogP contribution in [0, 0.1) is 58.6 Å². The smallest absolute Gasteiger partial charge is 0.408 e. The van der Waals surface area contributed by atoms with Crippen molar-refractivity contribution in [2.24, 2.45) is 0 Å². The van der Waals surface area contributed by atoms with Gasteiger partial charge in [0.25, 0.3) is 0 Å². The molecule has 2 aliphatic heterocycles. The molecular formula is C44H26F6N4O4. The molecule has 4 atom stereocenters. The van der Waals surface area contributed by atoms with Crippen molar-refractivity contribution in [1.82, 2.24) is 20.6 Å². The third-order valence-corrected chi connectivity index (χ3v) is 8.67. The van der Waals surface area contributed by atoms with E-state index in [1.807, 2.05) is 60.7 Å². The first-order chi connectivity index (χ1) is 28.0. The van der Waals surface area contributed by atoms with Crippen molar-refractivity contribution in [2.45, 2.75) is 24.3 Å². The number of nitrogens with zero attached hydrogens (tertiary/aromatic N) is 2. The molecule has 58 heavy (non-hydrogen) atoms. The molecule has 2 fully saturated rings. The van der Waals surface area contributed by atoms with Crippen LogP contribution in [0.15, 0.2) is 121 Å². The maximum Gasteiger partial charge on any atom is 0.408 e. The van der Waals surface area contributed by atoms with Gasteiger partial charge in [0.05, 0.1) is 22.5 Å². The van der Waals surface area contributed by atoms with Crippen LogP contribution < -0.4 is 10.6 Å². The Morgan fingerprint density at radius 3 is 1.19 bits per heavy atom. The third kappa shape index (κ3) is 8.93. The summed E-state index contributed by atoms with van der Waals surface area (Å²) >= 11 is 0. The highest BCUT2D eigenvalue weighted by Gasteiger charge is 2.42. The van der Waals surface area contributed by atoms with Crippen molar-refractivity contribution in [1.29, 1.82) is 0 Å². The van der Waals surface area contributed by atoms with Gasteiger partial charge in [-0.05, 0) is 60.4 Å². The number of aromatic nitrogens is 2. The van der Waals surface area contributed by atoms with E-state index < -0.39 is 82.5 Å². The van der Waals surface area contributed by atoms with E-state index in [-0.39, 0.29) is 0 Å². The lowest BCUT2D eigenvalue weighted by molar-refractivity contribution is 0.126. The number of pyridine rings is 2.